The molecule has 0 spiro atoms. The van der Waals surface area contributed by atoms with Gasteiger partial charge in [0.1, 0.15) is 5.69 Å². The van der Waals surface area contributed by atoms with Crippen molar-refractivity contribution in [2.45, 2.75) is 32.5 Å². The highest BCUT2D eigenvalue weighted by Gasteiger charge is 2.30. The average Bonchev–Trinajstić information content (AvgIpc) is 2.45. The zero-order chi connectivity index (χ0) is 18.0. The van der Waals surface area contributed by atoms with E-state index in [-0.39, 0.29) is 17.3 Å². The van der Waals surface area contributed by atoms with Crippen LogP contribution in [0, 0.1) is 0 Å². The molecule has 24 heavy (non-hydrogen) atoms. The number of aromatic nitrogens is 2. The van der Waals surface area contributed by atoms with Crippen LogP contribution in [0.5, 0.6) is 0 Å². The van der Waals surface area contributed by atoms with Crippen LogP contribution in [0.25, 0.3) is 0 Å². The van der Waals surface area contributed by atoms with Gasteiger partial charge in [-0.3, -0.25) is 4.79 Å². The minimum Gasteiger partial charge on any atom is -0.346 e. The van der Waals surface area contributed by atoms with Crippen LogP contribution in [-0.4, -0.2) is 21.4 Å². The number of alkyl halides is 3. The summed E-state index contributed by atoms with van der Waals surface area (Å²) in [7, 11) is 0. The molecule has 0 bridgehead atoms. The fourth-order valence-corrected chi connectivity index (χ4v) is 1.85. The number of halogens is 3. The quantitative estimate of drug-likeness (QED) is 0.894. The Bertz CT molecular complexity index is 739. The average molecular weight is 338 g/mol. The Morgan fingerprint density at radius 3 is 2.46 bits per heavy atom. The maximum absolute atomic E-state index is 12.7. The van der Waals surface area contributed by atoms with Gasteiger partial charge in [-0.25, -0.2) is 9.97 Å². The van der Waals surface area contributed by atoms with Crippen molar-refractivity contribution in [3.8, 4) is 0 Å². The zero-order valence-corrected chi connectivity index (χ0v) is 13.4. The molecular formula is C16H17F3N4O. The first-order valence-electron chi connectivity index (χ1n) is 7.14. The van der Waals surface area contributed by atoms with Crippen LogP contribution in [0.2, 0.25) is 0 Å². The highest BCUT2D eigenvalue weighted by molar-refractivity contribution is 5.92. The molecular weight excluding hydrogens is 321 g/mol. The van der Waals surface area contributed by atoms with E-state index >= 15 is 0 Å². The van der Waals surface area contributed by atoms with Crippen molar-refractivity contribution in [2.24, 2.45) is 0 Å². The van der Waals surface area contributed by atoms with E-state index in [4.69, 9.17) is 0 Å². The monoisotopic (exact) mass is 338 g/mol. The number of rotatable bonds is 3. The molecule has 0 saturated carbocycles. The first-order chi connectivity index (χ1) is 11.0. The molecule has 0 fully saturated rings. The molecule has 0 aliphatic rings. The molecule has 2 N–H and O–H groups in total. The number of hydrogen-bond donors (Lipinski definition) is 2. The van der Waals surface area contributed by atoms with Crippen molar-refractivity contribution >= 4 is 17.5 Å². The van der Waals surface area contributed by atoms with Crippen molar-refractivity contribution in [1.29, 1.82) is 0 Å². The summed E-state index contributed by atoms with van der Waals surface area (Å²) in [6.07, 6.45) is -3.08. The normalized spacial score (nSPS) is 11.9. The molecule has 2 aromatic rings. The number of carbonyl (C=O) groups excluding carboxylic acids is 1. The van der Waals surface area contributed by atoms with Gasteiger partial charge in [-0.2, -0.15) is 13.2 Å². The molecule has 1 heterocycles. The second-order valence-electron chi connectivity index (χ2n) is 6.17. The summed E-state index contributed by atoms with van der Waals surface area (Å²) in [6, 6.07) is 6.09. The van der Waals surface area contributed by atoms with Crippen LogP contribution in [0.15, 0.2) is 36.5 Å². The predicted octanol–water partition coefficient (Wildman–Crippen LogP) is 3.77. The highest BCUT2D eigenvalue weighted by atomic mass is 19.4. The Balaban J connectivity index is 2.20. The lowest BCUT2D eigenvalue weighted by Gasteiger charge is -2.20. The summed E-state index contributed by atoms with van der Waals surface area (Å²) < 4.78 is 38.2. The van der Waals surface area contributed by atoms with Gasteiger partial charge < -0.3 is 10.6 Å². The van der Waals surface area contributed by atoms with Gasteiger partial charge in [0.05, 0.1) is 5.56 Å². The summed E-state index contributed by atoms with van der Waals surface area (Å²) in [5.74, 6) is -0.354. The lowest BCUT2D eigenvalue weighted by atomic mass is 10.1. The fraction of sp³-hybridized carbons (Fsp3) is 0.312. The molecule has 128 valence electrons. The largest absolute Gasteiger partial charge is 0.416 e. The van der Waals surface area contributed by atoms with Gasteiger partial charge in [0, 0.05) is 17.4 Å². The summed E-state index contributed by atoms with van der Waals surface area (Å²) in [4.78, 5) is 20.0. The van der Waals surface area contributed by atoms with Gasteiger partial charge in [0.25, 0.3) is 5.91 Å². The third kappa shape index (κ3) is 4.94. The van der Waals surface area contributed by atoms with Crippen molar-refractivity contribution in [3.05, 3.63) is 47.8 Å². The van der Waals surface area contributed by atoms with Gasteiger partial charge in [-0.15, -0.1) is 0 Å². The minimum atomic E-state index is -4.44. The Morgan fingerprint density at radius 1 is 1.12 bits per heavy atom. The van der Waals surface area contributed by atoms with E-state index in [0.29, 0.717) is 0 Å². The predicted molar refractivity (Wildman–Crippen MR) is 84.0 cm³/mol. The standard InChI is InChI=1S/C16H17F3N4O/c1-15(2,3)23-13(24)12-7-8-20-14(22-12)21-11-6-4-5-10(9-11)16(17,18)19/h4-9H,1-3H3,(H,23,24)(H,20,21,22). The van der Waals surface area contributed by atoms with Crippen molar-refractivity contribution in [1.82, 2.24) is 15.3 Å². The molecule has 0 radical (unpaired) electrons. The molecule has 0 aliphatic carbocycles. The number of anilines is 2. The van der Waals surface area contributed by atoms with Crippen LogP contribution in [0.1, 0.15) is 36.8 Å². The summed E-state index contributed by atoms with van der Waals surface area (Å²) >= 11 is 0. The van der Waals surface area contributed by atoms with E-state index < -0.39 is 23.2 Å². The smallest absolute Gasteiger partial charge is 0.346 e. The number of amides is 1. The topological polar surface area (TPSA) is 66.9 Å². The van der Waals surface area contributed by atoms with E-state index in [1.807, 2.05) is 20.8 Å². The molecule has 0 unspecified atom stereocenters. The van der Waals surface area contributed by atoms with Crippen LogP contribution in [0.4, 0.5) is 24.8 Å². The number of hydrogen-bond acceptors (Lipinski definition) is 4. The van der Waals surface area contributed by atoms with E-state index in [2.05, 4.69) is 20.6 Å². The van der Waals surface area contributed by atoms with Gasteiger partial charge in [-0.05, 0) is 45.0 Å². The number of nitrogens with one attached hydrogen (secondary N) is 2. The van der Waals surface area contributed by atoms with Crippen molar-refractivity contribution in [3.63, 3.8) is 0 Å². The third-order valence-electron chi connectivity index (χ3n) is 2.82. The zero-order valence-electron chi connectivity index (χ0n) is 13.4. The molecule has 0 atom stereocenters. The van der Waals surface area contributed by atoms with Crippen molar-refractivity contribution < 1.29 is 18.0 Å². The number of benzene rings is 1. The summed E-state index contributed by atoms with van der Waals surface area (Å²) in [6.45, 7) is 5.48. The SMILES string of the molecule is CC(C)(C)NC(=O)c1ccnc(Nc2cccc(C(F)(F)F)c2)n1. The maximum Gasteiger partial charge on any atom is 0.416 e. The van der Waals surface area contributed by atoms with Gasteiger partial charge in [0.2, 0.25) is 5.95 Å². The molecule has 0 saturated heterocycles. The first kappa shape index (κ1) is 17.7. The van der Waals surface area contributed by atoms with Gasteiger partial charge >= 0.3 is 6.18 Å². The van der Waals surface area contributed by atoms with Gasteiger partial charge in [-0.1, -0.05) is 6.07 Å². The highest BCUT2D eigenvalue weighted by Crippen LogP contribution is 2.31. The second kappa shape index (κ2) is 6.46. The van der Waals surface area contributed by atoms with Crippen molar-refractivity contribution in [2.75, 3.05) is 5.32 Å². The van der Waals surface area contributed by atoms with E-state index in [1.165, 1.54) is 24.4 Å². The first-order valence-corrected chi connectivity index (χ1v) is 7.14. The fourth-order valence-electron chi connectivity index (χ4n) is 1.85. The summed E-state index contributed by atoms with van der Waals surface area (Å²) in [5, 5.41) is 5.42. The minimum absolute atomic E-state index is 0.0379. The van der Waals surface area contributed by atoms with E-state index in [9.17, 15) is 18.0 Å². The molecule has 2 rings (SSSR count). The van der Waals surface area contributed by atoms with Gasteiger partial charge in [0.15, 0.2) is 0 Å². The Morgan fingerprint density at radius 2 is 1.83 bits per heavy atom. The maximum atomic E-state index is 12.7. The molecule has 1 aromatic heterocycles. The molecule has 0 aliphatic heterocycles. The summed E-state index contributed by atoms with van der Waals surface area (Å²) in [5.41, 5.74) is -0.918. The molecule has 5 nitrogen and oxygen atoms in total. The molecule has 1 aromatic carbocycles. The van der Waals surface area contributed by atoms with E-state index in [1.54, 1.807) is 0 Å². The third-order valence-corrected chi connectivity index (χ3v) is 2.82. The second-order valence-corrected chi connectivity index (χ2v) is 6.17. The Kier molecular flexibility index (Phi) is 4.77. The lowest BCUT2D eigenvalue weighted by Crippen LogP contribution is -2.41. The van der Waals surface area contributed by atoms with Crippen LogP contribution < -0.4 is 10.6 Å². The molecule has 1 amide bonds. The number of carbonyl (C=O) groups is 1. The molecule has 8 heteroatoms. The van der Waals surface area contributed by atoms with Crippen LogP contribution in [-0.2, 0) is 6.18 Å². The Labute approximate surface area is 137 Å². The lowest BCUT2D eigenvalue weighted by molar-refractivity contribution is -0.137. The van der Waals surface area contributed by atoms with E-state index in [0.717, 1.165) is 12.1 Å². The number of nitrogens with zero attached hydrogens (tertiary/aromatic N) is 2. The van der Waals surface area contributed by atoms with Crippen LogP contribution in [0.3, 0.4) is 0 Å². The van der Waals surface area contributed by atoms with Crippen LogP contribution >= 0.6 is 0 Å². The Hall–Kier alpha value is -2.64.